The van der Waals surface area contributed by atoms with Crippen LogP contribution in [0.5, 0.6) is 0 Å². The summed E-state index contributed by atoms with van der Waals surface area (Å²) in [6.45, 7) is 4.38. The number of benzene rings is 2. The van der Waals surface area contributed by atoms with E-state index < -0.39 is 0 Å². The molecule has 0 amide bonds. The second-order valence-corrected chi connectivity index (χ2v) is 4.76. The van der Waals surface area contributed by atoms with Crippen LogP contribution in [0.1, 0.15) is 18.9 Å². The lowest BCUT2D eigenvalue weighted by Crippen LogP contribution is -2.18. The van der Waals surface area contributed by atoms with Gasteiger partial charge < -0.3 is 4.90 Å². The van der Waals surface area contributed by atoms with Crippen LogP contribution >= 0.6 is 0 Å². The second kappa shape index (κ2) is 6.36. The molecular formula is C17H21N. The molecule has 18 heavy (non-hydrogen) atoms. The van der Waals surface area contributed by atoms with Crippen LogP contribution in [0.15, 0.2) is 54.6 Å². The molecule has 1 heteroatoms. The van der Waals surface area contributed by atoms with Crippen molar-refractivity contribution in [3.05, 3.63) is 60.2 Å². The zero-order valence-corrected chi connectivity index (χ0v) is 11.3. The summed E-state index contributed by atoms with van der Waals surface area (Å²) in [6.07, 6.45) is 1.20. The van der Waals surface area contributed by atoms with Crippen molar-refractivity contribution in [1.82, 2.24) is 4.90 Å². The molecule has 0 saturated heterocycles. The van der Waals surface area contributed by atoms with Gasteiger partial charge in [-0.2, -0.15) is 0 Å². The van der Waals surface area contributed by atoms with E-state index in [9.17, 15) is 0 Å². The van der Waals surface area contributed by atoms with Crippen molar-refractivity contribution in [2.24, 2.45) is 0 Å². The van der Waals surface area contributed by atoms with E-state index in [0.29, 0.717) is 0 Å². The standard InChI is InChI=1S/C17H21N/c1-3-13-18(2)14-16-11-7-8-12-17(16)15-9-5-4-6-10-15/h4-12H,3,13-14H2,1-2H3. The lowest BCUT2D eigenvalue weighted by molar-refractivity contribution is 0.328. The minimum Gasteiger partial charge on any atom is -0.302 e. The maximum absolute atomic E-state index is 2.38. The molecular weight excluding hydrogens is 218 g/mol. The minimum absolute atomic E-state index is 1.01. The first-order chi connectivity index (χ1) is 8.81. The highest BCUT2D eigenvalue weighted by Gasteiger charge is 2.06. The molecule has 0 unspecified atom stereocenters. The topological polar surface area (TPSA) is 3.24 Å². The first-order valence-corrected chi connectivity index (χ1v) is 6.63. The highest BCUT2D eigenvalue weighted by atomic mass is 15.1. The second-order valence-electron chi connectivity index (χ2n) is 4.76. The summed E-state index contributed by atoms with van der Waals surface area (Å²) in [5.41, 5.74) is 4.05. The van der Waals surface area contributed by atoms with E-state index in [4.69, 9.17) is 0 Å². The van der Waals surface area contributed by atoms with Crippen molar-refractivity contribution >= 4 is 0 Å². The van der Waals surface area contributed by atoms with E-state index in [1.165, 1.54) is 23.1 Å². The average molecular weight is 239 g/mol. The smallest absolute Gasteiger partial charge is 0.0236 e. The van der Waals surface area contributed by atoms with Crippen LogP contribution in [0.2, 0.25) is 0 Å². The number of hydrogen-bond acceptors (Lipinski definition) is 1. The Morgan fingerprint density at radius 3 is 2.28 bits per heavy atom. The van der Waals surface area contributed by atoms with Gasteiger partial charge in [0.1, 0.15) is 0 Å². The van der Waals surface area contributed by atoms with Crippen molar-refractivity contribution in [2.45, 2.75) is 19.9 Å². The van der Waals surface area contributed by atoms with Crippen molar-refractivity contribution in [3.8, 4) is 11.1 Å². The Bertz CT molecular complexity index is 476. The third kappa shape index (κ3) is 3.21. The van der Waals surface area contributed by atoms with Crippen LogP contribution in [0.25, 0.3) is 11.1 Å². The van der Waals surface area contributed by atoms with Gasteiger partial charge in [-0.3, -0.25) is 0 Å². The van der Waals surface area contributed by atoms with E-state index >= 15 is 0 Å². The van der Waals surface area contributed by atoms with E-state index in [0.717, 1.165) is 13.1 Å². The molecule has 0 saturated carbocycles. The quantitative estimate of drug-likeness (QED) is 0.756. The molecule has 0 fully saturated rings. The third-order valence-corrected chi connectivity index (χ3v) is 3.15. The van der Waals surface area contributed by atoms with Crippen LogP contribution in [0, 0.1) is 0 Å². The maximum atomic E-state index is 2.38. The van der Waals surface area contributed by atoms with E-state index in [1.807, 2.05) is 0 Å². The molecule has 94 valence electrons. The summed E-state index contributed by atoms with van der Waals surface area (Å²) in [7, 11) is 2.19. The lowest BCUT2D eigenvalue weighted by Gasteiger charge is -2.18. The molecule has 2 aromatic rings. The van der Waals surface area contributed by atoms with Gasteiger partial charge in [0.25, 0.3) is 0 Å². The van der Waals surface area contributed by atoms with Crippen LogP contribution < -0.4 is 0 Å². The van der Waals surface area contributed by atoms with Crippen LogP contribution in [-0.4, -0.2) is 18.5 Å². The Labute approximate surface area is 110 Å². The Morgan fingerprint density at radius 1 is 0.889 bits per heavy atom. The van der Waals surface area contributed by atoms with Crippen molar-refractivity contribution in [3.63, 3.8) is 0 Å². The maximum Gasteiger partial charge on any atom is 0.0236 e. The Morgan fingerprint density at radius 2 is 1.56 bits per heavy atom. The lowest BCUT2D eigenvalue weighted by atomic mass is 9.99. The number of nitrogens with zero attached hydrogens (tertiary/aromatic N) is 1. The highest BCUT2D eigenvalue weighted by molar-refractivity contribution is 5.67. The van der Waals surface area contributed by atoms with E-state index in [1.54, 1.807) is 0 Å². The minimum atomic E-state index is 1.01. The van der Waals surface area contributed by atoms with Crippen LogP contribution in [0.3, 0.4) is 0 Å². The fourth-order valence-corrected chi connectivity index (χ4v) is 2.31. The molecule has 0 heterocycles. The van der Waals surface area contributed by atoms with Gasteiger partial charge in [-0.15, -0.1) is 0 Å². The molecule has 0 aromatic heterocycles. The van der Waals surface area contributed by atoms with Crippen molar-refractivity contribution in [2.75, 3.05) is 13.6 Å². The van der Waals surface area contributed by atoms with Gasteiger partial charge in [-0.1, -0.05) is 61.5 Å². The van der Waals surface area contributed by atoms with Gasteiger partial charge in [0, 0.05) is 6.54 Å². The fraction of sp³-hybridized carbons (Fsp3) is 0.294. The molecule has 0 aliphatic carbocycles. The number of hydrogen-bond donors (Lipinski definition) is 0. The predicted molar refractivity (Wildman–Crippen MR) is 78.5 cm³/mol. The van der Waals surface area contributed by atoms with Gasteiger partial charge >= 0.3 is 0 Å². The third-order valence-electron chi connectivity index (χ3n) is 3.15. The molecule has 0 aliphatic rings. The monoisotopic (exact) mass is 239 g/mol. The van der Waals surface area contributed by atoms with Gasteiger partial charge in [0.15, 0.2) is 0 Å². The number of rotatable bonds is 5. The van der Waals surface area contributed by atoms with E-state index in [-0.39, 0.29) is 0 Å². The van der Waals surface area contributed by atoms with Gasteiger partial charge in [0.2, 0.25) is 0 Å². The molecule has 0 radical (unpaired) electrons. The van der Waals surface area contributed by atoms with Crippen LogP contribution in [-0.2, 0) is 6.54 Å². The summed E-state index contributed by atoms with van der Waals surface area (Å²) in [5, 5.41) is 0. The van der Waals surface area contributed by atoms with Crippen LogP contribution in [0.4, 0.5) is 0 Å². The fourth-order valence-electron chi connectivity index (χ4n) is 2.31. The SMILES string of the molecule is CCCN(C)Cc1ccccc1-c1ccccc1. The Hall–Kier alpha value is -1.60. The molecule has 2 aromatic carbocycles. The van der Waals surface area contributed by atoms with E-state index in [2.05, 4.69) is 73.5 Å². The summed E-state index contributed by atoms with van der Waals surface area (Å²) in [4.78, 5) is 2.38. The molecule has 1 nitrogen and oxygen atoms in total. The highest BCUT2D eigenvalue weighted by Crippen LogP contribution is 2.24. The molecule has 0 N–H and O–H groups in total. The van der Waals surface area contributed by atoms with Crippen molar-refractivity contribution in [1.29, 1.82) is 0 Å². The first kappa shape index (κ1) is 12.8. The van der Waals surface area contributed by atoms with Gasteiger partial charge in [-0.25, -0.2) is 0 Å². The molecule has 2 rings (SSSR count). The largest absolute Gasteiger partial charge is 0.302 e. The summed E-state index contributed by atoms with van der Waals surface area (Å²) >= 11 is 0. The summed E-state index contributed by atoms with van der Waals surface area (Å²) in [5.74, 6) is 0. The Balaban J connectivity index is 2.26. The Kier molecular flexibility index (Phi) is 4.54. The molecule has 0 spiro atoms. The first-order valence-electron chi connectivity index (χ1n) is 6.63. The zero-order chi connectivity index (χ0) is 12.8. The summed E-state index contributed by atoms with van der Waals surface area (Å²) in [6, 6.07) is 19.3. The van der Waals surface area contributed by atoms with Gasteiger partial charge in [0.05, 0.1) is 0 Å². The van der Waals surface area contributed by atoms with Gasteiger partial charge in [-0.05, 0) is 36.7 Å². The molecule has 0 atom stereocenters. The summed E-state index contributed by atoms with van der Waals surface area (Å²) < 4.78 is 0. The zero-order valence-electron chi connectivity index (χ0n) is 11.3. The normalized spacial score (nSPS) is 10.8. The predicted octanol–water partition coefficient (Wildman–Crippen LogP) is 4.20. The molecule has 0 bridgehead atoms. The average Bonchev–Trinajstić information content (AvgIpc) is 2.40. The van der Waals surface area contributed by atoms with Crippen molar-refractivity contribution < 1.29 is 0 Å². The molecule has 0 aliphatic heterocycles.